The van der Waals surface area contributed by atoms with Crippen molar-refractivity contribution in [3.8, 4) is 0 Å². The molecule has 0 spiro atoms. The summed E-state index contributed by atoms with van der Waals surface area (Å²) in [4.78, 5) is 21.7. The summed E-state index contributed by atoms with van der Waals surface area (Å²) in [7, 11) is 0. The average molecular weight is 354 g/mol. The number of ether oxygens (including phenoxy) is 1. The minimum Gasteiger partial charge on any atom is -0.368 e. The van der Waals surface area contributed by atoms with Crippen LogP contribution in [0.15, 0.2) is 42.0 Å². The summed E-state index contributed by atoms with van der Waals surface area (Å²) < 4.78 is 5.42. The van der Waals surface area contributed by atoms with Crippen molar-refractivity contribution in [2.45, 2.75) is 25.5 Å². The molecule has 2 aromatic heterocycles. The summed E-state index contributed by atoms with van der Waals surface area (Å²) in [5, 5.41) is 9.31. The van der Waals surface area contributed by atoms with E-state index in [0.29, 0.717) is 13.2 Å². The number of carbonyl (C=O) groups excluding carboxylic acids is 1. The Morgan fingerprint density at radius 1 is 1.32 bits per heavy atom. The van der Waals surface area contributed by atoms with E-state index in [-0.39, 0.29) is 12.0 Å². The van der Waals surface area contributed by atoms with E-state index in [1.807, 2.05) is 35.7 Å². The van der Waals surface area contributed by atoms with Gasteiger partial charge in [0.15, 0.2) is 0 Å². The van der Waals surface area contributed by atoms with Crippen molar-refractivity contribution in [2.24, 2.45) is 0 Å². The van der Waals surface area contributed by atoms with Gasteiger partial charge in [-0.3, -0.25) is 4.79 Å². The molecule has 1 saturated heterocycles. The van der Waals surface area contributed by atoms with Gasteiger partial charge in [0.25, 0.3) is 5.91 Å². The summed E-state index contributed by atoms with van der Waals surface area (Å²) in [6.07, 6.45) is 2.98. The fourth-order valence-electron chi connectivity index (χ4n) is 2.88. The van der Waals surface area contributed by atoms with Crippen LogP contribution >= 0.6 is 11.3 Å². The predicted molar refractivity (Wildman–Crippen MR) is 98.8 cm³/mol. The number of amides is 1. The number of thiophene rings is 1. The van der Waals surface area contributed by atoms with Crippen molar-refractivity contribution in [3.05, 3.63) is 47.6 Å². The first-order valence-electron chi connectivity index (χ1n) is 8.23. The summed E-state index contributed by atoms with van der Waals surface area (Å²) >= 11 is 1.59. The van der Waals surface area contributed by atoms with Crippen LogP contribution in [0.3, 0.4) is 0 Å². The van der Waals surface area contributed by atoms with Gasteiger partial charge >= 0.3 is 0 Å². The molecule has 0 aliphatic carbocycles. The van der Waals surface area contributed by atoms with E-state index in [4.69, 9.17) is 4.74 Å². The van der Waals surface area contributed by atoms with Crippen LogP contribution in [0.5, 0.6) is 0 Å². The van der Waals surface area contributed by atoms with Crippen LogP contribution in [-0.4, -0.2) is 28.6 Å². The number of fused-ring (bicyclic) bond motifs is 1. The SMILES string of the molecule is O=C(Nc1cccc(CNc2ncnc3sccc23)c1)C1CCCO1. The van der Waals surface area contributed by atoms with Crippen molar-refractivity contribution in [2.75, 3.05) is 17.2 Å². The molecule has 0 bridgehead atoms. The van der Waals surface area contributed by atoms with Crippen LogP contribution in [0.4, 0.5) is 11.5 Å². The Balaban J connectivity index is 1.43. The van der Waals surface area contributed by atoms with Gasteiger partial charge in [0.1, 0.15) is 23.1 Å². The molecule has 25 heavy (non-hydrogen) atoms. The van der Waals surface area contributed by atoms with Crippen molar-refractivity contribution >= 4 is 39.0 Å². The Kier molecular flexibility index (Phi) is 4.58. The third kappa shape index (κ3) is 3.62. The monoisotopic (exact) mass is 354 g/mol. The normalized spacial score (nSPS) is 16.9. The highest BCUT2D eigenvalue weighted by atomic mass is 32.1. The number of anilines is 2. The summed E-state index contributed by atoms with van der Waals surface area (Å²) in [6.45, 7) is 1.28. The highest BCUT2D eigenvalue weighted by molar-refractivity contribution is 7.16. The van der Waals surface area contributed by atoms with Crippen LogP contribution in [0, 0.1) is 0 Å². The lowest BCUT2D eigenvalue weighted by atomic mass is 10.2. The fourth-order valence-corrected chi connectivity index (χ4v) is 3.62. The number of nitrogens with one attached hydrogen (secondary N) is 2. The van der Waals surface area contributed by atoms with Gasteiger partial charge in [0.05, 0.1) is 5.39 Å². The molecule has 1 fully saturated rings. The van der Waals surface area contributed by atoms with Crippen molar-refractivity contribution in [3.63, 3.8) is 0 Å². The quantitative estimate of drug-likeness (QED) is 0.734. The molecule has 1 aromatic carbocycles. The van der Waals surface area contributed by atoms with E-state index in [1.54, 1.807) is 17.7 Å². The second-order valence-corrected chi connectivity index (χ2v) is 6.80. The summed E-state index contributed by atoms with van der Waals surface area (Å²) in [6, 6.07) is 9.81. The first kappa shape index (κ1) is 16.0. The first-order valence-corrected chi connectivity index (χ1v) is 9.11. The smallest absolute Gasteiger partial charge is 0.253 e. The van der Waals surface area contributed by atoms with E-state index >= 15 is 0 Å². The third-order valence-corrected chi connectivity index (χ3v) is 4.96. The van der Waals surface area contributed by atoms with E-state index in [0.717, 1.165) is 40.1 Å². The van der Waals surface area contributed by atoms with Gasteiger partial charge in [-0.25, -0.2) is 9.97 Å². The first-order chi connectivity index (χ1) is 12.3. The molecule has 1 atom stereocenters. The predicted octanol–water partition coefficient (Wildman–Crippen LogP) is 3.42. The molecule has 7 heteroatoms. The number of nitrogens with zero attached hydrogens (tertiary/aromatic N) is 2. The van der Waals surface area contributed by atoms with Crippen LogP contribution in [-0.2, 0) is 16.1 Å². The fraction of sp³-hybridized carbons (Fsp3) is 0.278. The minimum absolute atomic E-state index is 0.0709. The van der Waals surface area contributed by atoms with Gasteiger partial charge in [0.2, 0.25) is 0 Å². The van der Waals surface area contributed by atoms with Crippen molar-refractivity contribution < 1.29 is 9.53 Å². The molecular formula is C18H18N4O2S. The van der Waals surface area contributed by atoms with Gasteiger partial charge in [-0.2, -0.15) is 0 Å². The Morgan fingerprint density at radius 2 is 2.28 bits per heavy atom. The maximum atomic E-state index is 12.2. The molecule has 4 rings (SSSR count). The largest absolute Gasteiger partial charge is 0.368 e. The lowest BCUT2D eigenvalue weighted by Crippen LogP contribution is -2.26. The molecule has 128 valence electrons. The number of carbonyl (C=O) groups is 1. The maximum Gasteiger partial charge on any atom is 0.253 e. The number of hydrogen-bond acceptors (Lipinski definition) is 6. The van der Waals surface area contributed by atoms with Gasteiger partial charge in [-0.1, -0.05) is 12.1 Å². The third-order valence-electron chi connectivity index (χ3n) is 4.14. The van der Waals surface area contributed by atoms with Crippen molar-refractivity contribution in [1.29, 1.82) is 0 Å². The maximum absolute atomic E-state index is 12.2. The van der Waals surface area contributed by atoms with Crippen LogP contribution in [0.2, 0.25) is 0 Å². The molecule has 3 heterocycles. The lowest BCUT2D eigenvalue weighted by Gasteiger charge is -2.12. The topological polar surface area (TPSA) is 76.1 Å². The second kappa shape index (κ2) is 7.16. The zero-order valence-corrected chi connectivity index (χ0v) is 14.4. The molecule has 1 unspecified atom stereocenters. The molecule has 2 N–H and O–H groups in total. The second-order valence-electron chi connectivity index (χ2n) is 5.91. The van der Waals surface area contributed by atoms with E-state index in [2.05, 4.69) is 20.6 Å². The molecule has 1 amide bonds. The average Bonchev–Trinajstić information content (AvgIpc) is 3.31. The van der Waals surface area contributed by atoms with E-state index in [1.165, 1.54) is 0 Å². The summed E-state index contributed by atoms with van der Waals surface area (Å²) in [5.74, 6) is 0.749. The van der Waals surface area contributed by atoms with Crippen LogP contribution < -0.4 is 10.6 Å². The molecule has 3 aromatic rings. The number of rotatable bonds is 5. The van der Waals surface area contributed by atoms with E-state index in [9.17, 15) is 4.79 Å². The highest BCUT2D eigenvalue weighted by Crippen LogP contribution is 2.24. The highest BCUT2D eigenvalue weighted by Gasteiger charge is 2.23. The molecule has 6 nitrogen and oxygen atoms in total. The Bertz CT molecular complexity index is 889. The van der Waals surface area contributed by atoms with Gasteiger partial charge < -0.3 is 15.4 Å². The zero-order chi connectivity index (χ0) is 17.1. The number of benzene rings is 1. The van der Waals surface area contributed by atoms with Crippen molar-refractivity contribution in [1.82, 2.24) is 9.97 Å². The summed E-state index contributed by atoms with van der Waals surface area (Å²) in [5.41, 5.74) is 1.84. The van der Waals surface area contributed by atoms with E-state index < -0.39 is 0 Å². The van der Waals surface area contributed by atoms with Gasteiger partial charge in [-0.15, -0.1) is 11.3 Å². The standard InChI is InChI=1S/C18H18N4O2S/c23-17(15-5-2-7-24-15)22-13-4-1-3-12(9-13)10-19-16-14-6-8-25-18(14)21-11-20-16/h1,3-4,6,8-9,11,15H,2,5,7,10H2,(H,22,23)(H,19,20,21). The van der Waals surface area contributed by atoms with Gasteiger partial charge in [-0.05, 0) is 42.0 Å². The van der Waals surface area contributed by atoms with Gasteiger partial charge in [0, 0.05) is 18.8 Å². The molecule has 1 aliphatic rings. The Labute approximate surface area is 149 Å². The Hall–Kier alpha value is -2.51. The number of aromatic nitrogens is 2. The lowest BCUT2D eigenvalue weighted by molar-refractivity contribution is -0.124. The van der Waals surface area contributed by atoms with Crippen LogP contribution in [0.1, 0.15) is 18.4 Å². The molecule has 0 radical (unpaired) electrons. The Morgan fingerprint density at radius 3 is 3.16 bits per heavy atom. The zero-order valence-electron chi connectivity index (χ0n) is 13.6. The number of hydrogen-bond donors (Lipinski definition) is 2. The molecular weight excluding hydrogens is 336 g/mol. The molecule has 1 aliphatic heterocycles. The van der Waals surface area contributed by atoms with Crippen LogP contribution in [0.25, 0.3) is 10.2 Å². The minimum atomic E-state index is -0.324. The molecule has 0 saturated carbocycles.